The number of nitrogens with one attached hydrogen (secondary N) is 2. The molecule has 0 aromatic heterocycles. The quantitative estimate of drug-likeness (QED) is 0.329. The van der Waals surface area contributed by atoms with Crippen molar-refractivity contribution >= 4 is 12.1 Å². The summed E-state index contributed by atoms with van der Waals surface area (Å²) in [5, 5.41) is 5.98. The summed E-state index contributed by atoms with van der Waals surface area (Å²) >= 11 is 0. The fourth-order valence-corrected chi connectivity index (χ4v) is 1.71. The zero-order valence-corrected chi connectivity index (χ0v) is 13.6. The minimum atomic E-state index is -0.845. The van der Waals surface area contributed by atoms with Crippen molar-refractivity contribution in [3.05, 3.63) is 0 Å². The molecule has 0 heterocycles. The Morgan fingerprint density at radius 3 is 2.33 bits per heavy atom. The van der Waals surface area contributed by atoms with Crippen LogP contribution in [0.25, 0.3) is 0 Å². The molecular weight excluding hydrogens is 272 g/mol. The van der Waals surface area contributed by atoms with Gasteiger partial charge in [0.2, 0.25) is 6.29 Å². The second kappa shape index (κ2) is 13.7. The summed E-state index contributed by atoms with van der Waals surface area (Å²) in [5.74, 6) is -0.350. The summed E-state index contributed by atoms with van der Waals surface area (Å²) in [4.78, 5) is 22.6. The van der Waals surface area contributed by atoms with Crippen LogP contribution in [0.1, 0.15) is 59.3 Å². The van der Waals surface area contributed by atoms with E-state index in [1.54, 1.807) is 0 Å². The number of hydrogen-bond donors (Lipinski definition) is 2. The summed E-state index contributed by atoms with van der Waals surface area (Å²) < 4.78 is 9.84. The van der Waals surface area contributed by atoms with E-state index in [2.05, 4.69) is 17.6 Å². The standard InChI is InChI=1S/C15H30N2O4/c1-4-9-14(18)20-13(3)21-15(19)17-12-8-6-7-11-16-10-5-2/h13,16H,4-12H2,1-3H3,(H,17,19). The summed E-state index contributed by atoms with van der Waals surface area (Å²) in [7, 11) is 0. The van der Waals surface area contributed by atoms with E-state index in [1.165, 1.54) is 6.92 Å². The third kappa shape index (κ3) is 13.4. The maximum absolute atomic E-state index is 11.4. The molecular formula is C15H30N2O4. The molecule has 1 unspecified atom stereocenters. The smallest absolute Gasteiger partial charge is 0.410 e. The highest BCUT2D eigenvalue weighted by Gasteiger charge is 2.12. The molecule has 21 heavy (non-hydrogen) atoms. The SMILES string of the molecule is CCCNCCCCCNC(=O)OC(C)OC(=O)CCC. The maximum Gasteiger partial charge on any atom is 0.410 e. The molecule has 0 rings (SSSR count). The Balaban J connectivity index is 3.47. The van der Waals surface area contributed by atoms with Gasteiger partial charge in [0, 0.05) is 19.9 Å². The second-order valence-electron chi connectivity index (χ2n) is 4.95. The Labute approximate surface area is 127 Å². The summed E-state index contributed by atoms with van der Waals surface area (Å²) in [6.07, 6.45) is 3.87. The molecule has 1 atom stereocenters. The Morgan fingerprint density at radius 1 is 0.952 bits per heavy atom. The van der Waals surface area contributed by atoms with E-state index in [9.17, 15) is 9.59 Å². The molecule has 0 aliphatic heterocycles. The van der Waals surface area contributed by atoms with Gasteiger partial charge >= 0.3 is 12.1 Å². The first kappa shape index (κ1) is 19.7. The lowest BCUT2D eigenvalue weighted by atomic mass is 10.2. The van der Waals surface area contributed by atoms with Gasteiger partial charge in [-0.05, 0) is 38.8 Å². The van der Waals surface area contributed by atoms with Crippen molar-refractivity contribution < 1.29 is 19.1 Å². The topological polar surface area (TPSA) is 76.7 Å². The monoisotopic (exact) mass is 302 g/mol. The average Bonchev–Trinajstić information content (AvgIpc) is 2.41. The van der Waals surface area contributed by atoms with Gasteiger partial charge in [-0.3, -0.25) is 4.79 Å². The van der Waals surface area contributed by atoms with E-state index in [0.717, 1.165) is 38.8 Å². The number of esters is 1. The molecule has 6 nitrogen and oxygen atoms in total. The van der Waals surface area contributed by atoms with Gasteiger partial charge in [0.05, 0.1) is 0 Å². The first-order valence-corrected chi connectivity index (χ1v) is 7.94. The number of alkyl carbamates (subject to hydrolysis) is 1. The van der Waals surface area contributed by atoms with Crippen LogP contribution in [0.3, 0.4) is 0 Å². The van der Waals surface area contributed by atoms with Crippen molar-refractivity contribution in [3.8, 4) is 0 Å². The zero-order chi connectivity index (χ0) is 15.9. The van der Waals surface area contributed by atoms with E-state index < -0.39 is 12.4 Å². The van der Waals surface area contributed by atoms with E-state index in [0.29, 0.717) is 19.4 Å². The third-order valence-corrected chi connectivity index (χ3v) is 2.75. The number of unbranched alkanes of at least 4 members (excludes halogenated alkanes) is 2. The van der Waals surface area contributed by atoms with Crippen LogP contribution in [-0.4, -0.2) is 38.0 Å². The maximum atomic E-state index is 11.4. The third-order valence-electron chi connectivity index (χ3n) is 2.75. The number of carbonyl (C=O) groups excluding carboxylic acids is 2. The molecule has 6 heteroatoms. The second-order valence-corrected chi connectivity index (χ2v) is 4.95. The number of ether oxygens (including phenoxy) is 2. The van der Waals surface area contributed by atoms with Crippen molar-refractivity contribution in [2.45, 2.75) is 65.6 Å². The van der Waals surface area contributed by atoms with Gasteiger partial charge in [-0.25, -0.2) is 4.79 Å². The Bertz CT molecular complexity index is 285. The molecule has 0 saturated heterocycles. The van der Waals surface area contributed by atoms with Gasteiger partial charge in [0.1, 0.15) is 0 Å². The van der Waals surface area contributed by atoms with Gasteiger partial charge in [-0.15, -0.1) is 0 Å². The van der Waals surface area contributed by atoms with Crippen LogP contribution in [0.5, 0.6) is 0 Å². The largest absolute Gasteiger partial charge is 0.425 e. The lowest BCUT2D eigenvalue weighted by Crippen LogP contribution is -2.30. The first-order chi connectivity index (χ1) is 10.1. The average molecular weight is 302 g/mol. The highest BCUT2D eigenvalue weighted by atomic mass is 16.7. The minimum Gasteiger partial charge on any atom is -0.425 e. The van der Waals surface area contributed by atoms with Gasteiger partial charge in [-0.1, -0.05) is 20.3 Å². The molecule has 0 radical (unpaired) electrons. The van der Waals surface area contributed by atoms with Crippen LogP contribution in [-0.2, 0) is 14.3 Å². The van der Waals surface area contributed by atoms with E-state index in [-0.39, 0.29) is 5.97 Å². The molecule has 0 aliphatic rings. The van der Waals surface area contributed by atoms with Crippen molar-refractivity contribution in [1.82, 2.24) is 10.6 Å². The molecule has 0 spiro atoms. The lowest BCUT2D eigenvalue weighted by molar-refractivity contribution is -0.164. The van der Waals surface area contributed by atoms with Crippen molar-refractivity contribution in [1.29, 1.82) is 0 Å². The molecule has 2 N–H and O–H groups in total. The number of hydrogen-bond acceptors (Lipinski definition) is 5. The molecule has 0 bridgehead atoms. The Morgan fingerprint density at radius 2 is 1.67 bits per heavy atom. The van der Waals surface area contributed by atoms with Gasteiger partial charge in [0.15, 0.2) is 0 Å². The molecule has 124 valence electrons. The van der Waals surface area contributed by atoms with Crippen LogP contribution in [0.4, 0.5) is 4.79 Å². The van der Waals surface area contributed by atoms with Gasteiger partial charge in [-0.2, -0.15) is 0 Å². The highest BCUT2D eigenvalue weighted by Crippen LogP contribution is 1.99. The number of amides is 1. The van der Waals surface area contributed by atoms with E-state index in [1.807, 2.05) is 6.92 Å². The van der Waals surface area contributed by atoms with E-state index >= 15 is 0 Å². The van der Waals surface area contributed by atoms with Crippen molar-refractivity contribution in [3.63, 3.8) is 0 Å². The first-order valence-electron chi connectivity index (χ1n) is 7.94. The lowest BCUT2D eigenvalue weighted by Gasteiger charge is -2.14. The van der Waals surface area contributed by atoms with Crippen LogP contribution in [0, 0.1) is 0 Å². The van der Waals surface area contributed by atoms with E-state index in [4.69, 9.17) is 9.47 Å². The summed E-state index contributed by atoms with van der Waals surface area (Å²) in [6.45, 7) is 8.21. The molecule has 0 aromatic carbocycles. The van der Waals surface area contributed by atoms with Crippen LogP contribution >= 0.6 is 0 Å². The fraction of sp³-hybridized carbons (Fsp3) is 0.867. The predicted octanol–water partition coefficient (Wildman–Crippen LogP) is 2.57. The van der Waals surface area contributed by atoms with Gasteiger partial charge in [0.25, 0.3) is 0 Å². The summed E-state index contributed by atoms with van der Waals surface area (Å²) in [5.41, 5.74) is 0. The molecule has 0 aliphatic carbocycles. The minimum absolute atomic E-state index is 0.335. The van der Waals surface area contributed by atoms with Crippen molar-refractivity contribution in [2.24, 2.45) is 0 Å². The van der Waals surface area contributed by atoms with Crippen LogP contribution in [0.15, 0.2) is 0 Å². The zero-order valence-electron chi connectivity index (χ0n) is 13.6. The fourth-order valence-electron chi connectivity index (χ4n) is 1.71. The molecule has 1 amide bonds. The predicted molar refractivity (Wildman–Crippen MR) is 82.0 cm³/mol. The molecule has 0 fully saturated rings. The van der Waals surface area contributed by atoms with Crippen molar-refractivity contribution in [2.75, 3.05) is 19.6 Å². The number of carbonyl (C=O) groups is 2. The Kier molecular flexibility index (Phi) is 12.8. The molecule has 0 saturated carbocycles. The highest BCUT2D eigenvalue weighted by molar-refractivity contribution is 5.70. The Hall–Kier alpha value is -1.30. The van der Waals surface area contributed by atoms with Crippen LogP contribution < -0.4 is 10.6 Å². The van der Waals surface area contributed by atoms with Crippen LogP contribution in [0.2, 0.25) is 0 Å². The normalized spacial score (nSPS) is 11.8. The molecule has 0 aromatic rings. The van der Waals surface area contributed by atoms with Gasteiger partial charge < -0.3 is 20.1 Å². The number of rotatable bonds is 12. The summed E-state index contributed by atoms with van der Waals surface area (Å²) in [6, 6.07) is 0.